The first-order chi connectivity index (χ1) is 12.2. The van der Waals surface area contributed by atoms with Crippen LogP contribution in [0.1, 0.15) is 36.5 Å². The van der Waals surface area contributed by atoms with Gasteiger partial charge in [-0.15, -0.1) is 0 Å². The van der Waals surface area contributed by atoms with Gasteiger partial charge in [-0.2, -0.15) is 0 Å². The maximum atomic E-state index is 12.3. The summed E-state index contributed by atoms with van der Waals surface area (Å²) in [4.78, 5) is 14.7. The van der Waals surface area contributed by atoms with Crippen LogP contribution in [0.4, 0.5) is 0 Å². The van der Waals surface area contributed by atoms with Crippen molar-refractivity contribution in [3.63, 3.8) is 0 Å². The van der Waals surface area contributed by atoms with Crippen molar-refractivity contribution in [3.05, 3.63) is 23.8 Å². The first-order valence-corrected chi connectivity index (χ1v) is 9.26. The third kappa shape index (κ3) is 6.55. The number of rotatable bonds is 10. The van der Waals surface area contributed by atoms with Gasteiger partial charge in [-0.1, -0.05) is 13.3 Å². The molecule has 2 rings (SSSR count). The third-order valence-electron chi connectivity index (χ3n) is 4.33. The molecule has 140 valence electrons. The molecule has 0 aliphatic carbocycles. The normalized spacial score (nSPS) is 15.0. The molecule has 1 fully saturated rings. The monoisotopic (exact) mass is 349 g/mol. The molecule has 1 amide bonds. The van der Waals surface area contributed by atoms with Crippen LogP contribution in [0.3, 0.4) is 0 Å². The Hall–Kier alpha value is -1.79. The number of nitrogens with one attached hydrogen (secondary N) is 2. The number of carbonyl (C=O) groups excluding carboxylic acids is 1. The second-order valence-corrected chi connectivity index (χ2v) is 6.27. The summed E-state index contributed by atoms with van der Waals surface area (Å²) >= 11 is 0. The lowest BCUT2D eigenvalue weighted by atomic mass is 10.2. The highest BCUT2D eigenvalue weighted by atomic mass is 16.5. The van der Waals surface area contributed by atoms with E-state index in [0.717, 1.165) is 52.0 Å². The molecule has 2 N–H and O–H groups in total. The molecule has 0 saturated carbocycles. The fraction of sp³-hybridized carbons (Fsp3) is 0.632. The van der Waals surface area contributed by atoms with Crippen LogP contribution in [0.5, 0.6) is 11.5 Å². The number of carbonyl (C=O) groups is 1. The van der Waals surface area contributed by atoms with E-state index in [-0.39, 0.29) is 5.91 Å². The van der Waals surface area contributed by atoms with Crippen LogP contribution in [0.2, 0.25) is 0 Å². The van der Waals surface area contributed by atoms with E-state index in [2.05, 4.69) is 22.5 Å². The van der Waals surface area contributed by atoms with E-state index in [1.807, 2.05) is 6.07 Å². The first kappa shape index (κ1) is 19.5. The summed E-state index contributed by atoms with van der Waals surface area (Å²) in [5, 5.41) is 6.33. The van der Waals surface area contributed by atoms with Gasteiger partial charge in [0.2, 0.25) is 0 Å². The van der Waals surface area contributed by atoms with Gasteiger partial charge in [0, 0.05) is 38.3 Å². The van der Waals surface area contributed by atoms with Gasteiger partial charge in [-0.25, -0.2) is 0 Å². The average molecular weight is 349 g/mol. The maximum Gasteiger partial charge on any atom is 0.251 e. The maximum absolute atomic E-state index is 12.3. The minimum absolute atomic E-state index is 0.0706. The number of unbranched alkanes of at least 4 members (excludes halogenated alkanes) is 1. The zero-order chi connectivity index (χ0) is 17.9. The molecule has 0 bridgehead atoms. The fourth-order valence-corrected chi connectivity index (χ4v) is 2.80. The Kier molecular flexibility index (Phi) is 8.55. The lowest BCUT2D eigenvalue weighted by Crippen LogP contribution is -2.44. The number of benzene rings is 1. The predicted molar refractivity (Wildman–Crippen MR) is 99.7 cm³/mol. The summed E-state index contributed by atoms with van der Waals surface area (Å²) < 4.78 is 11.1. The van der Waals surface area contributed by atoms with Crippen molar-refractivity contribution < 1.29 is 14.3 Å². The Morgan fingerprint density at radius 1 is 1.24 bits per heavy atom. The number of ether oxygens (including phenoxy) is 2. The molecule has 0 unspecified atom stereocenters. The molecule has 0 radical (unpaired) electrons. The van der Waals surface area contributed by atoms with E-state index in [1.165, 1.54) is 0 Å². The molecular weight excluding hydrogens is 318 g/mol. The number of amides is 1. The van der Waals surface area contributed by atoms with Crippen molar-refractivity contribution in [3.8, 4) is 11.5 Å². The highest BCUT2D eigenvalue weighted by Gasteiger charge is 2.12. The van der Waals surface area contributed by atoms with Crippen molar-refractivity contribution in [1.82, 2.24) is 15.5 Å². The molecular formula is C19H31N3O3. The topological polar surface area (TPSA) is 62.8 Å². The predicted octanol–water partition coefficient (Wildman–Crippen LogP) is 1.90. The summed E-state index contributed by atoms with van der Waals surface area (Å²) in [7, 11) is 1.59. The Labute approximate surface area is 150 Å². The van der Waals surface area contributed by atoms with E-state index in [0.29, 0.717) is 30.2 Å². The highest BCUT2D eigenvalue weighted by Crippen LogP contribution is 2.28. The number of piperazine rings is 1. The number of nitrogens with zero attached hydrogens (tertiary/aromatic N) is 1. The molecule has 0 spiro atoms. The van der Waals surface area contributed by atoms with Crippen LogP contribution >= 0.6 is 0 Å². The van der Waals surface area contributed by atoms with Crippen molar-refractivity contribution >= 4 is 5.91 Å². The Morgan fingerprint density at radius 2 is 2.04 bits per heavy atom. The van der Waals surface area contributed by atoms with Crippen molar-refractivity contribution in [2.24, 2.45) is 0 Å². The van der Waals surface area contributed by atoms with E-state index in [9.17, 15) is 4.79 Å². The van der Waals surface area contributed by atoms with Gasteiger partial charge >= 0.3 is 0 Å². The van der Waals surface area contributed by atoms with Crippen LogP contribution in [0.25, 0.3) is 0 Å². The second kappa shape index (κ2) is 10.9. The summed E-state index contributed by atoms with van der Waals surface area (Å²) in [5.41, 5.74) is 0.599. The third-order valence-corrected chi connectivity index (χ3v) is 4.33. The summed E-state index contributed by atoms with van der Waals surface area (Å²) in [6.07, 6.45) is 3.04. The fourth-order valence-electron chi connectivity index (χ4n) is 2.80. The van der Waals surface area contributed by atoms with Crippen LogP contribution in [0.15, 0.2) is 18.2 Å². The lowest BCUT2D eigenvalue weighted by Gasteiger charge is -2.27. The molecule has 25 heavy (non-hydrogen) atoms. The second-order valence-electron chi connectivity index (χ2n) is 6.27. The quantitative estimate of drug-likeness (QED) is 0.632. The van der Waals surface area contributed by atoms with Crippen LogP contribution < -0.4 is 20.1 Å². The zero-order valence-electron chi connectivity index (χ0n) is 15.5. The highest BCUT2D eigenvalue weighted by molar-refractivity contribution is 5.94. The summed E-state index contributed by atoms with van der Waals surface area (Å²) in [6, 6.07) is 5.34. The van der Waals surface area contributed by atoms with Crippen LogP contribution in [-0.4, -0.2) is 63.8 Å². The summed E-state index contributed by atoms with van der Waals surface area (Å²) in [5.74, 6) is 1.22. The molecule has 1 aromatic carbocycles. The van der Waals surface area contributed by atoms with Crippen LogP contribution in [0, 0.1) is 0 Å². The Balaban J connectivity index is 1.77. The Bertz CT molecular complexity index is 531. The van der Waals surface area contributed by atoms with E-state index >= 15 is 0 Å². The van der Waals surface area contributed by atoms with E-state index in [1.54, 1.807) is 19.2 Å². The standard InChI is InChI=1S/C19H31N3O3/c1-3-4-14-25-17-7-6-16(15-18(17)24-2)19(23)21-8-5-11-22-12-9-20-10-13-22/h6-7,15,20H,3-5,8-14H2,1-2H3,(H,21,23). The van der Waals surface area contributed by atoms with Crippen molar-refractivity contribution in [2.45, 2.75) is 26.2 Å². The van der Waals surface area contributed by atoms with Gasteiger partial charge in [0.05, 0.1) is 13.7 Å². The molecule has 1 saturated heterocycles. The molecule has 1 aliphatic rings. The summed E-state index contributed by atoms with van der Waals surface area (Å²) in [6.45, 7) is 8.77. The minimum Gasteiger partial charge on any atom is -0.493 e. The Morgan fingerprint density at radius 3 is 2.76 bits per heavy atom. The van der Waals surface area contributed by atoms with Gasteiger partial charge in [-0.05, 0) is 37.6 Å². The van der Waals surface area contributed by atoms with Crippen LogP contribution in [-0.2, 0) is 0 Å². The van der Waals surface area contributed by atoms with Gasteiger partial charge in [-0.3, -0.25) is 4.79 Å². The number of hydrogen-bond acceptors (Lipinski definition) is 5. The largest absolute Gasteiger partial charge is 0.493 e. The van der Waals surface area contributed by atoms with Gasteiger partial charge in [0.1, 0.15) is 0 Å². The zero-order valence-corrected chi connectivity index (χ0v) is 15.5. The first-order valence-electron chi connectivity index (χ1n) is 9.26. The molecule has 0 aromatic heterocycles. The van der Waals surface area contributed by atoms with Gasteiger partial charge in [0.25, 0.3) is 5.91 Å². The van der Waals surface area contributed by atoms with E-state index < -0.39 is 0 Å². The van der Waals surface area contributed by atoms with E-state index in [4.69, 9.17) is 9.47 Å². The minimum atomic E-state index is -0.0706. The average Bonchev–Trinajstić information content (AvgIpc) is 2.66. The van der Waals surface area contributed by atoms with Crippen molar-refractivity contribution in [2.75, 3.05) is 53.0 Å². The molecule has 6 heteroatoms. The van der Waals surface area contributed by atoms with Crippen molar-refractivity contribution in [1.29, 1.82) is 0 Å². The number of hydrogen-bond donors (Lipinski definition) is 2. The smallest absolute Gasteiger partial charge is 0.251 e. The molecule has 1 aromatic rings. The number of methoxy groups -OCH3 is 1. The molecule has 1 heterocycles. The molecule has 6 nitrogen and oxygen atoms in total. The van der Waals surface area contributed by atoms with Gasteiger partial charge in [0.15, 0.2) is 11.5 Å². The lowest BCUT2D eigenvalue weighted by molar-refractivity contribution is 0.0951. The molecule has 1 aliphatic heterocycles. The molecule has 0 atom stereocenters. The SMILES string of the molecule is CCCCOc1ccc(C(=O)NCCCN2CCNCC2)cc1OC. The van der Waals surface area contributed by atoms with Gasteiger partial charge < -0.3 is 25.0 Å².